The molecule has 3 aromatic heterocycles. The van der Waals surface area contributed by atoms with Gasteiger partial charge in [-0.2, -0.15) is 5.10 Å². The van der Waals surface area contributed by atoms with Crippen molar-refractivity contribution >= 4 is 27.8 Å². The lowest BCUT2D eigenvalue weighted by atomic mass is 10.1. The third-order valence-corrected chi connectivity index (χ3v) is 6.30. The first-order valence-corrected chi connectivity index (χ1v) is 11.5. The summed E-state index contributed by atoms with van der Waals surface area (Å²) in [4.78, 5) is 27.1. The van der Waals surface area contributed by atoms with Crippen LogP contribution < -0.4 is 11.3 Å². The van der Waals surface area contributed by atoms with Crippen LogP contribution in [0.15, 0.2) is 83.9 Å². The van der Waals surface area contributed by atoms with E-state index in [4.69, 9.17) is 15.8 Å². The van der Waals surface area contributed by atoms with Crippen molar-refractivity contribution < 1.29 is 9.50 Å². The van der Waals surface area contributed by atoms with E-state index in [0.717, 1.165) is 0 Å². The highest BCUT2D eigenvalue weighted by atomic mass is 19.1. The summed E-state index contributed by atoms with van der Waals surface area (Å²) in [6.45, 7) is 1.85. The lowest BCUT2D eigenvalue weighted by Gasteiger charge is -2.19. The van der Waals surface area contributed by atoms with Gasteiger partial charge in [0, 0.05) is 5.56 Å². The molecule has 0 fully saturated rings. The Morgan fingerprint density at radius 2 is 1.76 bits per heavy atom. The van der Waals surface area contributed by atoms with Gasteiger partial charge in [-0.3, -0.25) is 9.36 Å². The van der Waals surface area contributed by atoms with Crippen molar-refractivity contribution in [2.24, 2.45) is 0 Å². The first-order chi connectivity index (χ1) is 17.9. The summed E-state index contributed by atoms with van der Waals surface area (Å²) < 4.78 is 17.4. The number of phenols is 1. The van der Waals surface area contributed by atoms with Crippen molar-refractivity contribution in [3.63, 3.8) is 0 Å². The van der Waals surface area contributed by atoms with Crippen LogP contribution in [0.25, 0.3) is 38.9 Å². The van der Waals surface area contributed by atoms with E-state index in [0.29, 0.717) is 44.7 Å². The number of benzene rings is 3. The molecule has 0 aliphatic heterocycles. The third kappa shape index (κ3) is 3.57. The van der Waals surface area contributed by atoms with Gasteiger partial charge in [0.15, 0.2) is 17.2 Å². The Hall–Kier alpha value is -5.12. The molecule has 0 amide bonds. The highest BCUT2D eigenvalue weighted by Crippen LogP contribution is 2.34. The molecule has 1 unspecified atom stereocenters. The van der Waals surface area contributed by atoms with Crippen LogP contribution in [0.1, 0.15) is 18.8 Å². The second-order valence-corrected chi connectivity index (χ2v) is 8.56. The molecule has 0 spiro atoms. The summed E-state index contributed by atoms with van der Waals surface area (Å²) in [5, 5.41) is 15.3. The number of phenolic OH excluding ortho intramolecular Hbond substituents is 1. The third-order valence-electron chi connectivity index (χ3n) is 6.30. The summed E-state index contributed by atoms with van der Waals surface area (Å²) in [6, 6.07) is 19.8. The fourth-order valence-corrected chi connectivity index (χ4v) is 4.49. The lowest BCUT2D eigenvalue weighted by molar-refractivity contribution is 0.432. The van der Waals surface area contributed by atoms with Crippen LogP contribution in [-0.2, 0) is 0 Å². The summed E-state index contributed by atoms with van der Waals surface area (Å²) in [5.41, 5.74) is 8.32. The van der Waals surface area contributed by atoms with Crippen LogP contribution in [0.4, 0.5) is 10.2 Å². The van der Waals surface area contributed by atoms with Crippen molar-refractivity contribution in [2.75, 3.05) is 5.73 Å². The Morgan fingerprint density at radius 3 is 2.54 bits per heavy atom. The maximum Gasteiger partial charge on any atom is 0.266 e. The Kier molecular flexibility index (Phi) is 5.15. The summed E-state index contributed by atoms with van der Waals surface area (Å²) >= 11 is 0. The molecular formula is C27H20FN7O2. The van der Waals surface area contributed by atoms with E-state index in [1.807, 2.05) is 43.3 Å². The number of aromatic hydroxyl groups is 1. The van der Waals surface area contributed by atoms with Crippen LogP contribution >= 0.6 is 0 Å². The van der Waals surface area contributed by atoms with Crippen molar-refractivity contribution in [3.8, 4) is 22.7 Å². The number of anilines is 1. The zero-order valence-corrected chi connectivity index (χ0v) is 19.6. The highest BCUT2D eigenvalue weighted by Gasteiger charge is 2.25. The minimum absolute atomic E-state index is 0.166. The fraction of sp³-hybridized carbons (Fsp3) is 0.0741. The van der Waals surface area contributed by atoms with Gasteiger partial charge in [0.25, 0.3) is 5.56 Å². The second kappa shape index (κ2) is 8.52. The Balaban J connectivity index is 1.64. The average molecular weight is 494 g/mol. The molecule has 3 aromatic carbocycles. The van der Waals surface area contributed by atoms with E-state index in [2.05, 4.69) is 9.97 Å². The predicted octanol–water partition coefficient (Wildman–Crippen LogP) is 4.23. The summed E-state index contributed by atoms with van der Waals surface area (Å²) in [6.07, 6.45) is 1.32. The van der Waals surface area contributed by atoms with Crippen molar-refractivity contribution in [2.45, 2.75) is 13.0 Å². The number of nitrogens with two attached hydrogens (primary N) is 1. The molecule has 182 valence electrons. The first kappa shape index (κ1) is 22.4. The van der Waals surface area contributed by atoms with Crippen molar-refractivity contribution in [3.05, 3.63) is 101 Å². The second-order valence-electron chi connectivity index (χ2n) is 8.56. The number of hydrogen-bond acceptors (Lipinski definition) is 7. The maximum atomic E-state index is 14.2. The number of para-hydroxylation sites is 2. The molecule has 10 heteroatoms. The molecule has 0 aliphatic carbocycles. The van der Waals surface area contributed by atoms with E-state index < -0.39 is 17.6 Å². The summed E-state index contributed by atoms with van der Waals surface area (Å²) in [5.74, 6) is -0.672. The van der Waals surface area contributed by atoms with Gasteiger partial charge in [0.05, 0.1) is 22.0 Å². The topological polar surface area (TPSA) is 125 Å². The van der Waals surface area contributed by atoms with E-state index in [1.165, 1.54) is 24.5 Å². The maximum absolute atomic E-state index is 14.2. The van der Waals surface area contributed by atoms with Crippen LogP contribution in [0.5, 0.6) is 5.75 Å². The molecule has 3 heterocycles. The average Bonchev–Trinajstić information content (AvgIpc) is 3.31. The minimum atomic E-state index is -0.794. The van der Waals surface area contributed by atoms with Crippen molar-refractivity contribution in [1.82, 2.24) is 29.3 Å². The molecule has 0 saturated heterocycles. The molecule has 37 heavy (non-hydrogen) atoms. The lowest BCUT2D eigenvalue weighted by Crippen LogP contribution is -2.27. The van der Waals surface area contributed by atoms with Gasteiger partial charge >= 0.3 is 0 Å². The number of aromatic nitrogens is 6. The molecule has 6 rings (SSSR count). The largest absolute Gasteiger partial charge is 0.505 e. The van der Waals surface area contributed by atoms with Crippen LogP contribution in [0.3, 0.4) is 0 Å². The Bertz CT molecular complexity index is 1870. The van der Waals surface area contributed by atoms with Gasteiger partial charge in [-0.25, -0.2) is 24.0 Å². The standard InChI is InChI=1S/C27H20FN7O2/c1-15(25-32-20-10-6-5-9-18(20)27(37)34(25)17-7-3-2-4-8-17)35-26-22(24(29)30-14-31-26)23(33-35)16-11-12-21(36)19(28)13-16/h2-15,36H,1H3,(H2,29,30,31). The molecule has 0 radical (unpaired) electrons. The molecule has 3 N–H and O–H groups in total. The van der Waals surface area contributed by atoms with Gasteiger partial charge in [-0.15, -0.1) is 0 Å². The molecule has 1 atom stereocenters. The fourth-order valence-electron chi connectivity index (χ4n) is 4.49. The van der Waals surface area contributed by atoms with Gasteiger partial charge in [-0.1, -0.05) is 30.3 Å². The number of hydrogen-bond donors (Lipinski definition) is 2. The van der Waals surface area contributed by atoms with Crippen LogP contribution in [0.2, 0.25) is 0 Å². The molecule has 0 aliphatic rings. The molecular weight excluding hydrogens is 473 g/mol. The van der Waals surface area contributed by atoms with E-state index >= 15 is 0 Å². The number of rotatable bonds is 4. The Labute approximate surface area is 209 Å². The molecule has 6 aromatic rings. The van der Waals surface area contributed by atoms with E-state index in [9.17, 15) is 14.3 Å². The molecule has 0 bridgehead atoms. The summed E-state index contributed by atoms with van der Waals surface area (Å²) in [7, 11) is 0. The van der Waals surface area contributed by atoms with Crippen LogP contribution in [0, 0.1) is 5.82 Å². The zero-order valence-electron chi connectivity index (χ0n) is 19.6. The van der Waals surface area contributed by atoms with E-state index in [-0.39, 0.29) is 11.4 Å². The number of halogens is 1. The van der Waals surface area contributed by atoms with Crippen molar-refractivity contribution in [1.29, 1.82) is 0 Å². The van der Waals surface area contributed by atoms with Gasteiger partial charge in [-0.05, 0) is 49.4 Å². The monoisotopic (exact) mass is 493 g/mol. The number of nitrogen functional groups attached to an aromatic ring is 1. The van der Waals surface area contributed by atoms with Gasteiger partial charge in [0.2, 0.25) is 0 Å². The number of nitrogens with zero attached hydrogens (tertiary/aromatic N) is 6. The predicted molar refractivity (Wildman–Crippen MR) is 138 cm³/mol. The number of fused-ring (bicyclic) bond motifs is 2. The van der Waals surface area contributed by atoms with E-state index in [1.54, 1.807) is 27.4 Å². The first-order valence-electron chi connectivity index (χ1n) is 11.5. The quantitative estimate of drug-likeness (QED) is 0.377. The zero-order chi connectivity index (χ0) is 25.7. The SMILES string of the molecule is CC(c1nc2ccccc2c(=O)n1-c1ccccc1)n1nc(-c2ccc(O)c(F)c2)c2c(N)ncnc21. The highest BCUT2D eigenvalue weighted by molar-refractivity contribution is 5.98. The van der Waals surface area contributed by atoms with Crippen LogP contribution in [-0.4, -0.2) is 34.4 Å². The minimum Gasteiger partial charge on any atom is -0.505 e. The normalized spacial score (nSPS) is 12.3. The Morgan fingerprint density at radius 1 is 1.00 bits per heavy atom. The smallest absolute Gasteiger partial charge is 0.266 e. The van der Waals surface area contributed by atoms with Gasteiger partial charge < -0.3 is 10.8 Å². The molecule has 0 saturated carbocycles. The van der Waals surface area contributed by atoms with Gasteiger partial charge in [0.1, 0.15) is 29.7 Å². The molecule has 9 nitrogen and oxygen atoms in total.